The highest BCUT2D eigenvalue weighted by atomic mass is 35.5. The van der Waals surface area contributed by atoms with Crippen LogP contribution >= 0.6 is 11.6 Å². The highest BCUT2D eigenvalue weighted by Gasteiger charge is 2.18. The van der Waals surface area contributed by atoms with Gasteiger partial charge in [0.2, 0.25) is 11.2 Å². The molecule has 0 radical (unpaired) electrons. The average Bonchev–Trinajstić information content (AvgIpc) is 2.69. The third-order valence-corrected chi connectivity index (χ3v) is 3.65. The van der Waals surface area contributed by atoms with Crippen LogP contribution in [0.15, 0.2) is 24.3 Å². The molecule has 0 saturated heterocycles. The van der Waals surface area contributed by atoms with Gasteiger partial charge < -0.3 is 9.64 Å². The van der Waals surface area contributed by atoms with Crippen LogP contribution in [0.3, 0.4) is 0 Å². The first-order chi connectivity index (χ1) is 10.3. The molecule has 0 unspecified atom stereocenters. The van der Waals surface area contributed by atoms with Gasteiger partial charge in [0.1, 0.15) is 0 Å². The Balaban J connectivity index is 1.90. The van der Waals surface area contributed by atoms with Crippen molar-refractivity contribution >= 4 is 17.5 Å². The van der Waals surface area contributed by atoms with Crippen LogP contribution in [0.4, 0.5) is 5.95 Å². The van der Waals surface area contributed by atoms with Crippen molar-refractivity contribution < 1.29 is 4.74 Å². The lowest BCUT2D eigenvalue weighted by Crippen LogP contribution is -2.25. The van der Waals surface area contributed by atoms with Crippen molar-refractivity contribution in [1.82, 2.24) is 15.0 Å². The van der Waals surface area contributed by atoms with Gasteiger partial charge in [-0.3, -0.25) is 0 Å². The molecule has 1 aliphatic heterocycles. The van der Waals surface area contributed by atoms with Gasteiger partial charge in [0.25, 0.3) is 0 Å². The van der Waals surface area contributed by atoms with Crippen molar-refractivity contribution in [3.8, 4) is 6.01 Å². The number of fused-ring (bicyclic) bond motifs is 1. The number of benzene rings is 1. The van der Waals surface area contributed by atoms with Gasteiger partial charge in [0.05, 0.1) is 6.61 Å². The number of aromatic nitrogens is 3. The Morgan fingerprint density at radius 3 is 2.81 bits per heavy atom. The smallest absolute Gasteiger partial charge is 0.322 e. The van der Waals surface area contributed by atoms with Gasteiger partial charge in [0.15, 0.2) is 0 Å². The molecule has 6 heteroatoms. The minimum absolute atomic E-state index is 0.168. The molecular weight excluding hydrogens is 288 g/mol. The zero-order valence-electron chi connectivity index (χ0n) is 11.9. The van der Waals surface area contributed by atoms with E-state index in [0.29, 0.717) is 12.6 Å². The number of ether oxygens (including phenoxy) is 1. The molecule has 21 heavy (non-hydrogen) atoms. The summed E-state index contributed by atoms with van der Waals surface area (Å²) in [5.41, 5.74) is 2.70. The van der Waals surface area contributed by atoms with E-state index in [-0.39, 0.29) is 11.3 Å². The number of rotatable bonds is 3. The van der Waals surface area contributed by atoms with Gasteiger partial charge in [-0.2, -0.15) is 15.0 Å². The van der Waals surface area contributed by atoms with Crippen molar-refractivity contribution in [2.45, 2.75) is 26.3 Å². The van der Waals surface area contributed by atoms with Crippen LogP contribution in [-0.4, -0.2) is 28.1 Å². The number of nitrogens with zero attached hydrogens (tertiary/aromatic N) is 4. The standard InChI is InChI=1S/C15H17ClN4O/c1-2-21-15-18-13(16)17-14(19-15)20-9-5-8-11-6-3-4-7-12(11)10-20/h3-4,6-7H,2,5,8-10H2,1H3. The SMILES string of the molecule is CCOc1nc(Cl)nc(N2CCCc3ccccc3C2)n1. The maximum absolute atomic E-state index is 5.98. The van der Waals surface area contributed by atoms with Crippen LogP contribution in [0.1, 0.15) is 24.5 Å². The van der Waals surface area contributed by atoms with E-state index in [4.69, 9.17) is 16.3 Å². The number of hydrogen-bond donors (Lipinski definition) is 0. The fraction of sp³-hybridized carbons (Fsp3) is 0.400. The minimum Gasteiger partial charge on any atom is -0.464 e. The van der Waals surface area contributed by atoms with Gasteiger partial charge in [-0.15, -0.1) is 0 Å². The molecule has 1 aromatic carbocycles. The summed E-state index contributed by atoms with van der Waals surface area (Å²) < 4.78 is 5.35. The zero-order chi connectivity index (χ0) is 14.7. The Kier molecular flexibility index (Phi) is 4.20. The van der Waals surface area contributed by atoms with Gasteiger partial charge in [0, 0.05) is 13.1 Å². The Morgan fingerprint density at radius 1 is 1.19 bits per heavy atom. The molecular formula is C15H17ClN4O. The molecule has 1 aromatic heterocycles. The first-order valence-corrected chi connectivity index (χ1v) is 7.50. The highest BCUT2D eigenvalue weighted by Crippen LogP contribution is 2.23. The second-order valence-electron chi connectivity index (χ2n) is 4.91. The summed E-state index contributed by atoms with van der Waals surface area (Å²) in [4.78, 5) is 14.7. The summed E-state index contributed by atoms with van der Waals surface area (Å²) in [7, 11) is 0. The average molecular weight is 305 g/mol. The topological polar surface area (TPSA) is 51.1 Å². The largest absolute Gasteiger partial charge is 0.464 e. The number of halogens is 1. The second-order valence-corrected chi connectivity index (χ2v) is 5.25. The van der Waals surface area contributed by atoms with Crippen LogP contribution in [0.5, 0.6) is 6.01 Å². The number of aryl methyl sites for hydroxylation is 1. The molecule has 0 spiro atoms. The lowest BCUT2D eigenvalue weighted by molar-refractivity contribution is 0.311. The van der Waals surface area contributed by atoms with Gasteiger partial charge in [-0.25, -0.2) is 0 Å². The van der Waals surface area contributed by atoms with Crippen LogP contribution in [0.2, 0.25) is 5.28 Å². The zero-order valence-corrected chi connectivity index (χ0v) is 12.7. The fourth-order valence-electron chi connectivity index (χ4n) is 2.53. The minimum atomic E-state index is 0.168. The van der Waals surface area contributed by atoms with Crippen LogP contribution < -0.4 is 9.64 Å². The first kappa shape index (κ1) is 14.1. The summed E-state index contributed by atoms with van der Waals surface area (Å²) in [6, 6.07) is 8.77. The molecule has 110 valence electrons. The molecule has 1 aliphatic rings. The molecule has 3 rings (SSSR count). The third kappa shape index (κ3) is 3.24. The van der Waals surface area contributed by atoms with E-state index in [1.165, 1.54) is 11.1 Å². The number of anilines is 1. The van der Waals surface area contributed by atoms with Crippen molar-refractivity contribution in [3.63, 3.8) is 0 Å². The van der Waals surface area contributed by atoms with Crippen molar-refractivity contribution in [2.24, 2.45) is 0 Å². The molecule has 5 nitrogen and oxygen atoms in total. The predicted octanol–water partition coefficient (Wildman–Crippen LogP) is 2.88. The van der Waals surface area contributed by atoms with Gasteiger partial charge in [-0.05, 0) is 42.5 Å². The molecule has 0 fully saturated rings. The maximum atomic E-state index is 5.98. The van der Waals surface area contributed by atoms with Crippen molar-refractivity contribution in [2.75, 3.05) is 18.1 Å². The van der Waals surface area contributed by atoms with E-state index in [0.717, 1.165) is 25.9 Å². The van der Waals surface area contributed by atoms with E-state index in [2.05, 4.69) is 44.1 Å². The molecule has 0 saturated carbocycles. The summed E-state index contributed by atoms with van der Waals surface area (Å²) >= 11 is 5.98. The summed E-state index contributed by atoms with van der Waals surface area (Å²) in [6.45, 7) is 4.06. The van der Waals surface area contributed by atoms with Crippen molar-refractivity contribution in [1.29, 1.82) is 0 Å². The second kappa shape index (κ2) is 6.26. The van der Waals surface area contributed by atoms with E-state index >= 15 is 0 Å². The van der Waals surface area contributed by atoms with E-state index in [1.54, 1.807) is 0 Å². The Labute approximate surface area is 129 Å². The summed E-state index contributed by atoms with van der Waals surface area (Å²) in [5.74, 6) is 0.579. The predicted molar refractivity (Wildman–Crippen MR) is 81.8 cm³/mol. The normalized spacial score (nSPS) is 14.5. The maximum Gasteiger partial charge on any atom is 0.322 e. The van der Waals surface area contributed by atoms with E-state index < -0.39 is 0 Å². The summed E-state index contributed by atoms with van der Waals surface area (Å²) in [6.07, 6.45) is 2.13. The van der Waals surface area contributed by atoms with Crippen LogP contribution in [0.25, 0.3) is 0 Å². The molecule has 0 N–H and O–H groups in total. The monoisotopic (exact) mass is 304 g/mol. The lowest BCUT2D eigenvalue weighted by Gasteiger charge is -2.21. The fourth-order valence-corrected chi connectivity index (χ4v) is 2.68. The molecule has 2 heterocycles. The molecule has 0 bridgehead atoms. The Bertz CT molecular complexity index is 635. The van der Waals surface area contributed by atoms with Crippen LogP contribution in [-0.2, 0) is 13.0 Å². The summed E-state index contributed by atoms with van der Waals surface area (Å²) in [5, 5.41) is 0.168. The molecule has 0 atom stereocenters. The number of hydrogen-bond acceptors (Lipinski definition) is 5. The molecule has 0 aliphatic carbocycles. The van der Waals surface area contributed by atoms with E-state index in [9.17, 15) is 0 Å². The quantitative estimate of drug-likeness (QED) is 0.872. The highest BCUT2D eigenvalue weighted by molar-refractivity contribution is 6.28. The van der Waals surface area contributed by atoms with E-state index in [1.807, 2.05) is 6.92 Å². The molecule has 0 amide bonds. The molecule has 2 aromatic rings. The Hall–Kier alpha value is -1.88. The van der Waals surface area contributed by atoms with Crippen LogP contribution in [0, 0.1) is 0 Å². The first-order valence-electron chi connectivity index (χ1n) is 7.12. The lowest BCUT2D eigenvalue weighted by atomic mass is 10.0. The van der Waals surface area contributed by atoms with Gasteiger partial charge >= 0.3 is 6.01 Å². The third-order valence-electron chi connectivity index (χ3n) is 3.49. The van der Waals surface area contributed by atoms with Crippen molar-refractivity contribution in [3.05, 3.63) is 40.7 Å². The van der Waals surface area contributed by atoms with Gasteiger partial charge in [-0.1, -0.05) is 24.3 Å². The Morgan fingerprint density at radius 2 is 2.00 bits per heavy atom.